The van der Waals surface area contributed by atoms with Crippen LogP contribution in [0.4, 0.5) is 0 Å². The summed E-state index contributed by atoms with van der Waals surface area (Å²) in [6.07, 6.45) is 0.608. The summed E-state index contributed by atoms with van der Waals surface area (Å²) in [7, 11) is -2.13. The molecule has 0 aliphatic carbocycles. The summed E-state index contributed by atoms with van der Waals surface area (Å²) in [5, 5.41) is 2.51. The zero-order chi connectivity index (χ0) is 18.3. The number of rotatable bonds is 8. The average molecular weight is 398 g/mol. The van der Waals surface area contributed by atoms with Crippen molar-refractivity contribution in [2.75, 3.05) is 26.7 Å². The predicted octanol–water partition coefficient (Wildman–Crippen LogP) is 1.66. The van der Waals surface area contributed by atoms with E-state index in [1.165, 1.54) is 35.6 Å². The Balaban J connectivity index is 0.00000338. The number of amides is 1. The molecule has 0 radical (unpaired) electrons. The topological polar surface area (TPSA) is 92.5 Å². The summed E-state index contributed by atoms with van der Waals surface area (Å²) in [6, 6.07) is 15.6. The molecule has 0 aliphatic heterocycles. The van der Waals surface area contributed by atoms with E-state index in [0.29, 0.717) is 18.5 Å². The van der Waals surface area contributed by atoms with Gasteiger partial charge in [0.15, 0.2) is 0 Å². The lowest BCUT2D eigenvalue weighted by atomic mass is 10.1. The van der Waals surface area contributed by atoms with Crippen molar-refractivity contribution in [3.8, 4) is 0 Å². The van der Waals surface area contributed by atoms with Gasteiger partial charge in [-0.1, -0.05) is 30.3 Å². The van der Waals surface area contributed by atoms with E-state index < -0.39 is 10.0 Å². The molecule has 0 saturated carbocycles. The molecule has 0 unspecified atom stereocenters. The maximum absolute atomic E-state index is 12.9. The van der Waals surface area contributed by atoms with Crippen LogP contribution in [0, 0.1) is 0 Å². The highest BCUT2D eigenvalue weighted by Gasteiger charge is 2.23. The number of halogens is 1. The Bertz CT molecular complexity index is 796. The summed E-state index contributed by atoms with van der Waals surface area (Å²) in [6.45, 7) is 0.831. The van der Waals surface area contributed by atoms with Gasteiger partial charge in [-0.2, -0.15) is 4.31 Å². The van der Waals surface area contributed by atoms with Gasteiger partial charge in [0.25, 0.3) is 5.91 Å². The molecule has 0 saturated heterocycles. The van der Waals surface area contributed by atoms with Crippen molar-refractivity contribution in [2.45, 2.75) is 11.3 Å². The maximum Gasteiger partial charge on any atom is 0.251 e. The van der Waals surface area contributed by atoms with Crippen LogP contribution in [0.2, 0.25) is 0 Å². The molecular formula is C18H24ClN3O3S. The minimum absolute atomic E-state index is 0. The number of nitrogens with zero attached hydrogens (tertiary/aromatic N) is 1. The highest BCUT2D eigenvalue weighted by atomic mass is 35.5. The molecule has 0 heterocycles. The van der Waals surface area contributed by atoms with Crippen LogP contribution in [0.15, 0.2) is 59.5 Å². The van der Waals surface area contributed by atoms with Gasteiger partial charge in [-0.15, -0.1) is 12.4 Å². The van der Waals surface area contributed by atoms with E-state index in [0.717, 1.165) is 5.56 Å². The zero-order valence-corrected chi connectivity index (χ0v) is 16.2. The van der Waals surface area contributed by atoms with Crippen molar-refractivity contribution in [3.05, 3.63) is 65.7 Å². The Morgan fingerprint density at radius 2 is 1.65 bits per heavy atom. The highest BCUT2D eigenvalue weighted by molar-refractivity contribution is 7.89. The molecule has 2 aromatic rings. The number of hydrogen-bond donors (Lipinski definition) is 2. The van der Waals surface area contributed by atoms with E-state index in [1.54, 1.807) is 0 Å². The van der Waals surface area contributed by atoms with Crippen molar-refractivity contribution in [1.82, 2.24) is 9.62 Å². The number of carbonyl (C=O) groups excluding carboxylic acids is 1. The Kier molecular flexibility index (Phi) is 8.74. The third kappa shape index (κ3) is 5.54. The molecule has 0 aromatic heterocycles. The molecule has 2 aromatic carbocycles. The first kappa shape index (κ1) is 22.1. The van der Waals surface area contributed by atoms with E-state index >= 15 is 0 Å². The lowest BCUT2D eigenvalue weighted by molar-refractivity contribution is 0.0963. The van der Waals surface area contributed by atoms with Crippen LogP contribution in [0.25, 0.3) is 0 Å². The van der Waals surface area contributed by atoms with Gasteiger partial charge >= 0.3 is 0 Å². The van der Waals surface area contributed by atoms with E-state index in [2.05, 4.69) is 5.32 Å². The quantitative estimate of drug-likeness (QED) is 0.708. The van der Waals surface area contributed by atoms with Crippen LogP contribution >= 0.6 is 12.4 Å². The van der Waals surface area contributed by atoms with Crippen LogP contribution in [0.3, 0.4) is 0 Å². The molecule has 0 bridgehead atoms. The summed E-state index contributed by atoms with van der Waals surface area (Å²) >= 11 is 0. The van der Waals surface area contributed by atoms with Gasteiger partial charge < -0.3 is 11.1 Å². The minimum atomic E-state index is -3.66. The number of hydrogen-bond acceptors (Lipinski definition) is 4. The summed E-state index contributed by atoms with van der Waals surface area (Å²) in [5.74, 6) is -0.258. The third-order valence-corrected chi connectivity index (χ3v) is 5.77. The fourth-order valence-electron chi connectivity index (χ4n) is 2.47. The van der Waals surface area contributed by atoms with Crippen LogP contribution in [0.1, 0.15) is 15.9 Å². The number of benzene rings is 2. The monoisotopic (exact) mass is 397 g/mol. The Morgan fingerprint density at radius 1 is 1.04 bits per heavy atom. The molecule has 1 amide bonds. The molecule has 6 nitrogen and oxygen atoms in total. The Morgan fingerprint density at radius 3 is 2.19 bits per heavy atom. The molecule has 0 spiro atoms. The van der Waals surface area contributed by atoms with Crippen molar-refractivity contribution in [3.63, 3.8) is 0 Å². The molecule has 0 fully saturated rings. The fraction of sp³-hybridized carbons (Fsp3) is 0.278. The first-order chi connectivity index (χ1) is 12.0. The summed E-state index contributed by atoms with van der Waals surface area (Å²) in [4.78, 5) is 11.7. The summed E-state index contributed by atoms with van der Waals surface area (Å²) in [5.41, 5.74) is 7.07. The van der Waals surface area contributed by atoms with E-state index in [9.17, 15) is 13.2 Å². The SMILES string of the molecule is CNC(=O)c1ccc(S(=O)(=O)N(CCN)CCc2ccccc2)cc1.Cl. The lowest BCUT2D eigenvalue weighted by Crippen LogP contribution is -2.37. The number of carbonyl (C=O) groups is 1. The van der Waals surface area contributed by atoms with Crippen molar-refractivity contribution in [1.29, 1.82) is 0 Å². The molecule has 0 atom stereocenters. The van der Waals surface area contributed by atoms with Gasteiger partial charge in [0.1, 0.15) is 0 Å². The predicted molar refractivity (Wildman–Crippen MR) is 105 cm³/mol. The third-order valence-electron chi connectivity index (χ3n) is 3.85. The number of nitrogens with one attached hydrogen (secondary N) is 1. The van der Waals surface area contributed by atoms with Gasteiger partial charge in [-0.05, 0) is 36.2 Å². The molecule has 8 heteroatoms. The molecule has 0 aliphatic rings. The minimum Gasteiger partial charge on any atom is -0.355 e. The average Bonchev–Trinajstić information content (AvgIpc) is 2.65. The normalized spacial score (nSPS) is 11.0. The molecule has 26 heavy (non-hydrogen) atoms. The van der Waals surface area contributed by atoms with Gasteiger partial charge in [-0.3, -0.25) is 4.79 Å². The Labute approximate surface area is 160 Å². The van der Waals surface area contributed by atoms with Crippen LogP contribution in [-0.4, -0.2) is 45.3 Å². The van der Waals surface area contributed by atoms with Crippen LogP contribution in [-0.2, 0) is 16.4 Å². The van der Waals surface area contributed by atoms with E-state index in [4.69, 9.17) is 5.73 Å². The van der Waals surface area contributed by atoms with Gasteiger partial charge in [0, 0.05) is 32.2 Å². The van der Waals surface area contributed by atoms with Gasteiger partial charge in [0.05, 0.1) is 4.90 Å². The molecule has 3 N–H and O–H groups in total. The molecule has 142 valence electrons. The lowest BCUT2D eigenvalue weighted by Gasteiger charge is -2.21. The van der Waals surface area contributed by atoms with Crippen molar-refractivity contribution in [2.24, 2.45) is 5.73 Å². The highest BCUT2D eigenvalue weighted by Crippen LogP contribution is 2.17. The van der Waals surface area contributed by atoms with Crippen LogP contribution < -0.4 is 11.1 Å². The number of sulfonamides is 1. The first-order valence-corrected chi connectivity index (χ1v) is 9.49. The fourth-order valence-corrected chi connectivity index (χ4v) is 3.92. The maximum atomic E-state index is 12.9. The largest absolute Gasteiger partial charge is 0.355 e. The van der Waals surface area contributed by atoms with Crippen molar-refractivity contribution >= 4 is 28.3 Å². The Hall–Kier alpha value is -1.93. The standard InChI is InChI=1S/C18H23N3O3S.ClH/c1-20-18(22)16-7-9-17(10-8-16)25(23,24)21(14-12-19)13-11-15-5-3-2-4-6-15;/h2-10H,11-14,19H2,1H3,(H,20,22);1H. The smallest absolute Gasteiger partial charge is 0.251 e. The van der Waals surface area contributed by atoms with Crippen LogP contribution in [0.5, 0.6) is 0 Å². The van der Waals surface area contributed by atoms with Gasteiger partial charge in [0.2, 0.25) is 10.0 Å². The first-order valence-electron chi connectivity index (χ1n) is 8.05. The van der Waals surface area contributed by atoms with E-state index in [-0.39, 0.29) is 36.3 Å². The second-order valence-electron chi connectivity index (χ2n) is 5.53. The second kappa shape index (κ2) is 10.3. The molecular weight excluding hydrogens is 374 g/mol. The number of nitrogens with two attached hydrogens (primary N) is 1. The van der Waals surface area contributed by atoms with E-state index in [1.807, 2.05) is 30.3 Å². The molecule has 2 rings (SSSR count). The summed E-state index contributed by atoms with van der Waals surface area (Å²) < 4.78 is 27.1. The van der Waals surface area contributed by atoms with Crippen molar-refractivity contribution < 1.29 is 13.2 Å². The van der Waals surface area contributed by atoms with Gasteiger partial charge in [-0.25, -0.2) is 8.42 Å². The second-order valence-corrected chi connectivity index (χ2v) is 7.47. The zero-order valence-electron chi connectivity index (χ0n) is 14.6.